The van der Waals surface area contributed by atoms with Crippen molar-refractivity contribution in [3.8, 4) is 39.6 Å². The molecule has 0 radical (unpaired) electrons. The number of nitrogens with one attached hydrogen (secondary N) is 2. The van der Waals surface area contributed by atoms with Crippen molar-refractivity contribution in [3.05, 3.63) is 91.1 Å². The highest BCUT2D eigenvalue weighted by atomic mass is 32.2. The second-order valence-corrected chi connectivity index (χ2v) is 17.5. The average Bonchev–Trinajstić information content (AvgIpc) is 3.80. The van der Waals surface area contributed by atoms with Gasteiger partial charge in [0.25, 0.3) is 20.2 Å². The number of hydrogen-bond acceptors (Lipinski definition) is 13. The lowest BCUT2D eigenvalue weighted by Gasteiger charge is -2.34. The molecule has 17 nitrogen and oxygen atoms in total. The Morgan fingerprint density at radius 3 is 2.20 bits per heavy atom. The third-order valence-corrected chi connectivity index (χ3v) is 11.1. The number of fused-ring (bicyclic) bond motifs is 1. The molecule has 0 spiro atoms. The molecular weight excluding hydrogens is 789 g/mol. The number of anilines is 1. The van der Waals surface area contributed by atoms with E-state index >= 15 is 0 Å². The Morgan fingerprint density at radius 1 is 0.839 bits per heavy atom. The van der Waals surface area contributed by atoms with Gasteiger partial charge in [0.2, 0.25) is 21.8 Å². The van der Waals surface area contributed by atoms with Crippen LogP contribution >= 0.6 is 0 Å². The summed E-state index contributed by atoms with van der Waals surface area (Å²) in [5, 5.41) is 8.05. The van der Waals surface area contributed by atoms with E-state index in [1.165, 1.54) is 19.2 Å². The molecule has 1 saturated heterocycles. The first-order valence-electron chi connectivity index (χ1n) is 16.8. The highest BCUT2D eigenvalue weighted by Gasteiger charge is 2.28. The molecule has 1 fully saturated rings. The fraction of sp³-hybridized carbons (Fsp3) is 0.250. The molecule has 0 amide bonds. The molecule has 1 aliphatic rings. The molecule has 1 aliphatic heterocycles. The number of benzene rings is 3. The zero-order chi connectivity index (χ0) is 40.4. The maximum Gasteiger partial charge on any atom is 0.296 e. The SMILES string of the molecule is COc1ncc(-c2cc(-c3ncc(CN4C[C@@H](C)O[C@@H](C)C4)o3)c3cn[nH]c3c2)cc1NS(C)(=O)=O.O=S(=O)(O)c1cccc(-c2ccccc2)c1S(=O)(=O)O. The lowest BCUT2D eigenvalue weighted by atomic mass is 10.0. The summed E-state index contributed by atoms with van der Waals surface area (Å²) in [6.45, 7) is 6.44. The maximum absolute atomic E-state index is 11.8. The topological polar surface area (TPSA) is 244 Å². The zero-order valence-electron chi connectivity index (χ0n) is 30.4. The Kier molecular flexibility index (Phi) is 11.6. The highest BCUT2D eigenvalue weighted by Crippen LogP contribution is 2.36. The third-order valence-electron chi connectivity index (χ3n) is 8.49. The number of H-pyrrole nitrogens is 1. The van der Waals surface area contributed by atoms with Crippen LogP contribution < -0.4 is 9.46 Å². The number of hydrogen-bond donors (Lipinski definition) is 4. The first-order chi connectivity index (χ1) is 26.4. The summed E-state index contributed by atoms with van der Waals surface area (Å²) in [6.07, 6.45) is 6.51. The smallest absolute Gasteiger partial charge is 0.296 e. The normalized spacial score (nSPS) is 16.6. The average molecular weight is 827 g/mol. The number of nitrogens with zero attached hydrogens (tertiary/aromatic N) is 4. The molecule has 2 atom stereocenters. The summed E-state index contributed by atoms with van der Waals surface area (Å²) < 4.78 is 107. The van der Waals surface area contributed by atoms with Gasteiger partial charge in [0, 0.05) is 41.4 Å². The Hall–Kier alpha value is -5.22. The van der Waals surface area contributed by atoms with Crippen LogP contribution in [0.3, 0.4) is 0 Å². The molecule has 0 unspecified atom stereocenters. The van der Waals surface area contributed by atoms with Crippen LogP contribution in [0.25, 0.3) is 44.6 Å². The van der Waals surface area contributed by atoms with Gasteiger partial charge in [0.1, 0.15) is 21.2 Å². The number of morpholine rings is 1. The number of aromatic nitrogens is 4. The van der Waals surface area contributed by atoms with Crippen LogP contribution in [0.4, 0.5) is 5.69 Å². The van der Waals surface area contributed by atoms with Crippen molar-refractivity contribution in [1.29, 1.82) is 0 Å². The number of ether oxygens (including phenoxy) is 2. The molecule has 0 bridgehead atoms. The van der Waals surface area contributed by atoms with Gasteiger partial charge in [-0.05, 0) is 49.2 Å². The van der Waals surface area contributed by atoms with E-state index in [0.717, 1.165) is 53.2 Å². The minimum Gasteiger partial charge on any atom is -0.480 e. The van der Waals surface area contributed by atoms with E-state index in [1.54, 1.807) is 55.0 Å². The molecule has 56 heavy (non-hydrogen) atoms. The van der Waals surface area contributed by atoms with Crippen molar-refractivity contribution in [2.45, 2.75) is 42.4 Å². The largest absolute Gasteiger partial charge is 0.480 e. The predicted octanol–water partition coefficient (Wildman–Crippen LogP) is 5.12. The molecule has 3 aromatic carbocycles. The number of rotatable bonds is 10. The standard InChI is InChI=1S/C24H28N6O5S.C12H10O6S2/c1-14-11-30(12-15(2)34-14)13-18-9-26-23(35-18)19-5-16(6-21-20(19)10-27-28-21)17-7-22(29-36(4,31)32)24(33-3)25-8-17;13-19(14,15)11-8-4-7-10(12(11)20(16,17)18)9-5-2-1-3-6-9/h5-10,14-15,29H,11-13H2,1-4H3,(H,27,28);1-8H,(H,13,14,15)(H,16,17,18)/t14-,15+;. The number of sulfonamides is 1. The van der Waals surface area contributed by atoms with Crippen LogP contribution in [0.5, 0.6) is 5.88 Å². The molecule has 4 N–H and O–H groups in total. The third kappa shape index (κ3) is 9.59. The van der Waals surface area contributed by atoms with E-state index in [-0.39, 0.29) is 29.3 Å². The fourth-order valence-corrected chi connectivity index (χ4v) is 8.97. The second kappa shape index (κ2) is 16.1. The molecule has 296 valence electrons. The second-order valence-electron chi connectivity index (χ2n) is 13.0. The van der Waals surface area contributed by atoms with Gasteiger partial charge >= 0.3 is 0 Å². The van der Waals surface area contributed by atoms with Crippen molar-refractivity contribution in [3.63, 3.8) is 0 Å². The Balaban J connectivity index is 0.000000225. The van der Waals surface area contributed by atoms with E-state index in [1.807, 2.05) is 12.1 Å². The minimum atomic E-state index is -4.83. The van der Waals surface area contributed by atoms with E-state index < -0.39 is 40.1 Å². The van der Waals surface area contributed by atoms with E-state index in [4.69, 9.17) is 18.4 Å². The zero-order valence-corrected chi connectivity index (χ0v) is 32.9. The first kappa shape index (κ1) is 40.4. The van der Waals surface area contributed by atoms with Crippen molar-refractivity contribution in [2.24, 2.45) is 0 Å². The Bertz CT molecular complexity index is 2690. The Labute approximate surface area is 323 Å². The van der Waals surface area contributed by atoms with Crippen molar-refractivity contribution >= 4 is 46.8 Å². The molecule has 0 saturated carbocycles. The molecule has 20 heteroatoms. The summed E-state index contributed by atoms with van der Waals surface area (Å²) in [6, 6.07) is 17.1. The van der Waals surface area contributed by atoms with Gasteiger partial charge in [0.15, 0.2) is 0 Å². The van der Waals surface area contributed by atoms with Crippen LogP contribution in [-0.4, -0.2) is 98.1 Å². The molecule has 0 aliphatic carbocycles. The van der Waals surface area contributed by atoms with Crippen LogP contribution in [0, 0.1) is 0 Å². The van der Waals surface area contributed by atoms with Gasteiger partial charge in [-0.15, -0.1) is 0 Å². The predicted molar refractivity (Wildman–Crippen MR) is 207 cm³/mol. The summed E-state index contributed by atoms with van der Waals surface area (Å²) >= 11 is 0. The molecule has 4 heterocycles. The van der Waals surface area contributed by atoms with Gasteiger partial charge in [-0.25, -0.2) is 18.4 Å². The molecule has 6 aromatic rings. The quantitative estimate of drug-likeness (QED) is 0.131. The van der Waals surface area contributed by atoms with Crippen LogP contribution in [0.2, 0.25) is 0 Å². The maximum atomic E-state index is 11.8. The number of methoxy groups -OCH3 is 1. The minimum absolute atomic E-state index is 0.0109. The van der Waals surface area contributed by atoms with Gasteiger partial charge in [-0.1, -0.05) is 42.5 Å². The molecule has 3 aromatic heterocycles. The lowest BCUT2D eigenvalue weighted by molar-refractivity contribution is -0.0718. The number of pyridine rings is 1. The molecule has 7 rings (SSSR count). The van der Waals surface area contributed by atoms with Gasteiger partial charge in [-0.3, -0.25) is 23.8 Å². The summed E-state index contributed by atoms with van der Waals surface area (Å²) in [7, 11) is -11.7. The monoisotopic (exact) mass is 826 g/mol. The summed E-state index contributed by atoms with van der Waals surface area (Å²) in [4.78, 5) is 9.43. The van der Waals surface area contributed by atoms with E-state index in [0.29, 0.717) is 23.6 Å². The van der Waals surface area contributed by atoms with Crippen LogP contribution in [0.1, 0.15) is 19.6 Å². The number of oxazole rings is 1. The summed E-state index contributed by atoms with van der Waals surface area (Å²) in [5.41, 5.74) is 3.64. The molecular formula is C36H38N6O11S3. The lowest BCUT2D eigenvalue weighted by Crippen LogP contribution is -2.44. The first-order valence-corrected chi connectivity index (χ1v) is 21.6. The van der Waals surface area contributed by atoms with Crippen molar-refractivity contribution < 1.29 is 48.2 Å². The van der Waals surface area contributed by atoms with Gasteiger partial charge in [-0.2, -0.15) is 21.9 Å². The van der Waals surface area contributed by atoms with Gasteiger partial charge < -0.3 is 13.9 Å². The van der Waals surface area contributed by atoms with Gasteiger partial charge in [0.05, 0.1) is 50.0 Å². The number of aromatic amines is 1. The summed E-state index contributed by atoms with van der Waals surface area (Å²) in [5.74, 6) is 1.42. The fourth-order valence-electron chi connectivity index (χ4n) is 6.41. The van der Waals surface area contributed by atoms with Crippen LogP contribution in [-0.2, 0) is 41.5 Å². The highest BCUT2D eigenvalue weighted by molar-refractivity contribution is 7.92. The van der Waals surface area contributed by atoms with E-state index in [2.05, 4.69) is 43.6 Å². The van der Waals surface area contributed by atoms with Crippen molar-refractivity contribution in [1.82, 2.24) is 25.1 Å². The van der Waals surface area contributed by atoms with E-state index in [9.17, 15) is 29.8 Å². The Morgan fingerprint density at radius 2 is 1.55 bits per heavy atom. The van der Waals surface area contributed by atoms with Crippen LogP contribution in [0.15, 0.2) is 99.5 Å². The van der Waals surface area contributed by atoms with Crippen molar-refractivity contribution in [2.75, 3.05) is 31.2 Å².